The van der Waals surface area contributed by atoms with Gasteiger partial charge in [-0.2, -0.15) is 5.12 Å². The van der Waals surface area contributed by atoms with Gasteiger partial charge in [-0.05, 0) is 6.92 Å². The number of hydrogen-bond donors (Lipinski definition) is 4. The van der Waals surface area contributed by atoms with Crippen LogP contribution in [0.1, 0.15) is 6.92 Å². The second-order valence-electron chi connectivity index (χ2n) is 1.01. The number of hydrogen-bond acceptors (Lipinski definition) is 5. The molecule has 0 bridgehead atoms. The Hall–Kier alpha value is -0.200. The van der Waals surface area contributed by atoms with Crippen molar-refractivity contribution in [1.82, 2.24) is 10.5 Å². The minimum Gasteiger partial charge on any atom is -0.274 e. The fraction of sp³-hybridized carbons (Fsp3) is 1.00. The summed E-state index contributed by atoms with van der Waals surface area (Å²) in [5, 5.41) is 1.50. The van der Waals surface area contributed by atoms with Gasteiger partial charge in [0.1, 0.15) is 0 Å². The van der Waals surface area contributed by atoms with Crippen LogP contribution in [0.2, 0.25) is 0 Å². The summed E-state index contributed by atoms with van der Waals surface area (Å²) in [6, 6.07) is 0. The first-order valence-electron chi connectivity index (χ1n) is 2.34. The topological polar surface area (TPSA) is 93.3 Å². The maximum Gasteiger partial charge on any atom is 0.0257 e. The number of nitrogens with two attached hydrogens (primary N) is 3. The van der Waals surface area contributed by atoms with Gasteiger partial charge in [0.15, 0.2) is 0 Å². The highest BCUT2D eigenvalue weighted by Gasteiger charge is 1.80. The number of nitrogens with zero attached hydrogens (tertiary/aromatic N) is 1. The first-order chi connectivity index (χ1) is 3.81. The Morgan fingerprint density at radius 1 is 1.50 bits per heavy atom. The van der Waals surface area contributed by atoms with Crippen molar-refractivity contribution in [2.24, 2.45) is 17.5 Å². The normalized spacial score (nSPS) is 8.25. The van der Waals surface area contributed by atoms with Crippen molar-refractivity contribution in [3.8, 4) is 0 Å². The molecule has 0 fully saturated rings. The van der Waals surface area contributed by atoms with Crippen LogP contribution < -0.4 is 23.0 Å². The van der Waals surface area contributed by atoms with Gasteiger partial charge in [-0.15, -0.1) is 0 Å². The second kappa shape index (κ2) is 9.93. The van der Waals surface area contributed by atoms with E-state index >= 15 is 0 Å². The van der Waals surface area contributed by atoms with E-state index in [1.165, 1.54) is 5.12 Å². The van der Waals surface area contributed by atoms with Crippen LogP contribution in [0, 0.1) is 0 Å². The third kappa shape index (κ3) is 9.25. The molecule has 7 N–H and O–H groups in total. The molecular formula is C3H15N5. The number of rotatable bonds is 2. The summed E-state index contributed by atoms with van der Waals surface area (Å²) >= 11 is 0. The van der Waals surface area contributed by atoms with Crippen molar-refractivity contribution in [1.29, 1.82) is 0 Å². The molecule has 0 aliphatic carbocycles. The Labute approximate surface area is 49.7 Å². The van der Waals surface area contributed by atoms with Crippen molar-refractivity contribution in [3.63, 3.8) is 0 Å². The maximum atomic E-state index is 5.19. The van der Waals surface area contributed by atoms with Crippen LogP contribution in [0.15, 0.2) is 0 Å². The summed E-state index contributed by atoms with van der Waals surface area (Å²) in [4.78, 5) is 0. The second-order valence-corrected chi connectivity index (χ2v) is 1.01. The zero-order chi connectivity index (χ0) is 6.99. The van der Waals surface area contributed by atoms with Gasteiger partial charge >= 0.3 is 0 Å². The molecule has 0 heterocycles. The lowest BCUT2D eigenvalue weighted by atomic mass is 10.8. The van der Waals surface area contributed by atoms with Gasteiger partial charge in [0.2, 0.25) is 0 Å². The minimum absolute atomic E-state index is 0.830. The lowest BCUT2D eigenvalue weighted by Gasteiger charge is -2.08. The van der Waals surface area contributed by atoms with Crippen LogP contribution in [0.25, 0.3) is 0 Å². The lowest BCUT2D eigenvalue weighted by Crippen LogP contribution is -2.40. The fourth-order valence-corrected chi connectivity index (χ4v) is 0.158. The summed E-state index contributed by atoms with van der Waals surface area (Å²) in [6.07, 6.45) is 0. The highest BCUT2D eigenvalue weighted by Crippen LogP contribution is 1.58. The summed E-state index contributed by atoms with van der Waals surface area (Å²) < 4.78 is 0. The van der Waals surface area contributed by atoms with E-state index in [0.717, 1.165) is 6.54 Å². The molecule has 0 aliphatic rings. The van der Waals surface area contributed by atoms with Gasteiger partial charge in [-0.25, -0.2) is 5.43 Å². The Balaban J connectivity index is 0. The molecule has 0 aromatic heterocycles. The Bertz CT molecular complexity index is 26.9. The summed E-state index contributed by atoms with van der Waals surface area (Å²) in [5.41, 5.74) is 2.73. The Morgan fingerprint density at radius 2 is 1.88 bits per heavy atom. The number of hydrazine groups is 3. The quantitative estimate of drug-likeness (QED) is 0.254. The van der Waals surface area contributed by atoms with Gasteiger partial charge in [0.05, 0.1) is 0 Å². The average Bonchev–Trinajstić information content (AvgIpc) is 1.91. The van der Waals surface area contributed by atoms with E-state index in [0.29, 0.717) is 0 Å². The third-order valence-corrected chi connectivity index (χ3v) is 0.628. The molecule has 0 radical (unpaired) electrons. The first kappa shape index (κ1) is 10.7. The smallest absolute Gasteiger partial charge is 0.0257 e. The molecule has 0 spiro atoms. The zero-order valence-electron chi connectivity index (χ0n) is 5.39. The molecule has 8 heavy (non-hydrogen) atoms. The summed E-state index contributed by atoms with van der Waals surface area (Å²) in [5.74, 6) is 13.2. The molecule has 0 aromatic carbocycles. The van der Waals surface area contributed by atoms with E-state index in [2.05, 4.69) is 17.1 Å². The first-order valence-corrected chi connectivity index (χ1v) is 2.34. The van der Waals surface area contributed by atoms with Gasteiger partial charge in [0, 0.05) is 13.6 Å². The highest BCUT2D eigenvalue weighted by atomic mass is 15.6. The molecular weight excluding hydrogens is 106 g/mol. The van der Waals surface area contributed by atoms with Crippen molar-refractivity contribution < 1.29 is 0 Å². The van der Waals surface area contributed by atoms with Gasteiger partial charge < -0.3 is 0 Å². The minimum atomic E-state index is 0.830. The molecule has 0 aliphatic heterocycles. The van der Waals surface area contributed by atoms with Crippen molar-refractivity contribution >= 4 is 0 Å². The molecule has 0 saturated heterocycles. The van der Waals surface area contributed by atoms with Gasteiger partial charge in [0.25, 0.3) is 0 Å². The molecule has 0 unspecified atom stereocenters. The largest absolute Gasteiger partial charge is 0.274 e. The van der Waals surface area contributed by atoms with Gasteiger partial charge in [-0.3, -0.25) is 17.5 Å². The van der Waals surface area contributed by atoms with Crippen molar-refractivity contribution in [2.75, 3.05) is 13.6 Å². The van der Waals surface area contributed by atoms with E-state index in [-0.39, 0.29) is 0 Å². The molecule has 5 nitrogen and oxygen atoms in total. The summed E-state index contributed by atoms with van der Waals surface area (Å²) in [7, 11) is 1.78. The Kier molecular flexibility index (Phi) is 13.3. The van der Waals surface area contributed by atoms with E-state index in [9.17, 15) is 0 Å². The van der Waals surface area contributed by atoms with E-state index in [4.69, 9.17) is 5.84 Å². The standard InChI is InChI=1S/C3H11N3.H4N2/c1-3-6(4)5-2;1-2/h5H,3-4H2,1-2H3;1-2H2. The lowest BCUT2D eigenvalue weighted by molar-refractivity contribution is 0.226. The highest BCUT2D eigenvalue weighted by molar-refractivity contribution is 4.22. The molecule has 0 saturated carbocycles. The Morgan fingerprint density at radius 3 is 1.88 bits per heavy atom. The van der Waals surface area contributed by atoms with Crippen molar-refractivity contribution in [2.45, 2.75) is 6.92 Å². The van der Waals surface area contributed by atoms with Gasteiger partial charge in [-0.1, -0.05) is 0 Å². The fourth-order valence-electron chi connectivity index (χ4n) is 0.158. The molecule has 0 aromatic rings. The van der Waals surface area contributed by atoms with Crippen LogP contribution in [0.4, 0.5) is 0 Å². The predicted octanol–water partition coefficient (Wildman–Crippen LogP) is -1.86. The van der Waals surface area contributed by atoms with Crippen LogP contribution >= 0.6 is 0 Å². The van der Waals surface area contributed by atoms with E-state index < -0.39 is 0 Å². The monoisotopic (exact) mass is 121 g/mol. The van der Waals surface area contributed by atoms with Crippen LogP contribution in [0.5, 0.6) is 0 Å². The molecule has 0 rings (SSSR count). The van der Waals surface area contributed by atoms with Crippen LogP contribution in [-0.4, -0.2) is 18.7 Å². The van der Waals surface area contributed by atoms with Crippen molar-refractivity contribution in [3.05, 3.63) is 0 Å². The SMILES string of the molecule is CCN(N)NC.NN. The number of nitrogens with one attached hydrogen (secondary N) is 1. The maximum absolute atomic E-state index is 5.19. The molecule has 52 valence electrons. The summed E-state index contributed by atoms with van der Waals surface area (Å²) in [6.45, 7) is 2.80. The molecule has 0 atom stereocenters. The zero-order valence-corrected chi connectivity index (χ0v) is 5.39. The molecule has 0 amide bonds. The van der Waals surface area contributed by atoms with Crippen LogP contribution in [-0.2, 0) is 0 Å². The molecule has 5 heteroatoms. The third-order valence-electron chi connectivity index (χ3n) is 0.628. The van der Waals surface area contributed by atoms with E-state index in [1.807, 2.05) is 6.92 Å². The van der Waals surface area contributed by atoms with E-state index in [1.54, 1.807) is 7.05 Å². The average molecular weight is 121 g/mol. The van der Waals surface area contributed by atoms with Crippen LogP contribution in [0.3, 0.4) is 0 Å². The predicted molar refractivity (Wildman–Crippen MR) is 34.0 cm³/mol.